The predicted octanol–water partition coefficient (Wildman–Crippen LogP) is 3.09. The Bertz CT molecular complexity index is 511. The zero-order valence-electron chi connectivity index (χ0n) is 11.6. The number of rotatable bonds is 1. The standard InChI is InChI=1S/C16H19NO2/c1-16(2,3)15(19)17-10-9-13(18)11-14(17)12-7-5-4-6-8-12/h4-10,14H,11H2,1-3H3. The Balaban J connectivity index is 2.37. The molecule has 0 bridgehead atoms. The summed E-state index contributed by atoms with van der Waals surface area (Å²) in [5.41, 5.74) is 0.537. The summed E-state index contributed by atoms with van der Waals surface area (Å²) in [6.07, 6.45) is 3.46. The number of ketones is 1. The zero-order valence-corrected chi connectivity index (χ0v) is 11.6. The maximum Gasteiger partial charge on any atom is 0.232 e. The Morgan fingerprint density at radius 2 is 1.84 bits per heavy atom. The van der Waals surface area contributed by atoms with Gasteiger partial charge in [0.1, 0.15) is 0 Å². The first-order valence-corrected chi connectivity index (χ1v) is 6.48. The summed E-state index contributed by atoms with van der Waals surface area (Å²) in [7, 11) is 0. The van der Waals surface area contributed by atoms with Crippen molar-refractivity contribution in [2.75, 3.05) is 0 Å². The maximum absolute atomic E-state index is 12.5. The largest absolute Gasteiger partial charge is 0.311 e. The van der Waals surface area contributed by atoms with Gasteiger partial charge in [-0.2, -0.15) is 0 Å². The quantitative estimate of drug-likeness (QED) is 0.775. The lowest BCUT2D eigenvalue weighted by Crippen LogP contribution is -2.40. The summed E-state index contributed by atoms with van der Waals surface area (Å²) in [6, 6.07) is 9.51. The third kappa shape index (κ3) is 2.92. The first-order valence-electron chi connectivity index (χ1n) is 6.48. The summed E-state index contributed by atoms with van der Waals surface area (Å²) >= 11 is 0. The van der Waals surface area contributed by atoms with E-state index in [1.54, 1.807) is 11.1 Å². The minimum Gasteiger partial charge on any atom is -0.311 e. The SMILES string of the molecule is CC(C)(C)C(=O)N1C=CC(=O)CC1c1ccccc1. The van der Waals surface area contributed by atoms with E-state index < -0.39 is 5.41 Å². The highest BCUT2D eigenvalue weighted by Gasteiger charge is 2.34. The van der Waals surface area contributed by atoms with Crippen LogP contribution in [0.1, 0.15) is 38.8 Å². The van der Waals surface area contributed by atoms with Gasteiger partial charge in [0.2, 0.25) is 5.91 Å². The van der Waals surface area contributed by atoms with Gasteiger partial charge < -0.3 is 4.90 Å². The molecule has 0 spiro atoms. The fraction of sp³-hybridized carbons (Fsp3) is 0.375. The third-order valence-corrected chi connectivity index (χ3v) is 3.21. The topological polar surface area (TPSA) is 37.4 Å². The Morgan fingerprint density at radius 3 is 2.42 bits per heavy atom. The third-order valence-electron chi connectivity index (χ3n) is 3.21. The molecule has 1 aromatic carbocycles. The average Bonchev–Trinajstić information content (AvgIpc) is 2.38. The fourth-order valence-corrected chi connectivity index (χ4v) is 2.17. The van der Waals surface area contributed by atoms with Gasteiger partial charge in [-0.3, -0.25) is 9.59 Å². The van der Waals surface area contributed by atoms with E-state index in [1.807, 2.05) is 51.1 Å². The summed E-state index contributed by atoms with van der Waals surface area (Å²) in [4.78, 5) is 25.8. The van der Waals surface area contributed by atoms with Crippen LogP contribution < -0.4 is 0 Å². The van der Waals surface area contributed by atoms with Gasteiger partial charge in [-0.15, -0.1) is 0 Å². The fourth-order valence-electron chi connectivity index (χ4n) is 2.17. The molecule has 1 aliphatic rings. The maximum atomic E-state index is 12.5. The van der Waals surface area contributed by atoms with Crippen LogP contribution in [0.5, 0.6) is 0 Å². The van der Waals surface area contributed by atoms with Gasteiger partial charge >= 0.3 is 0 Å². The highest BCUT2D eigenvalue weighted by atomic mass is 16.2. The molecule has 0 saturated carbocycles. The second-order valence-corrected chi connectivity index (χ2v) is 5.88. The number of allylic oxidation sites excluding steroid dienone is 1. The van der Waals surface area contributed by atoms with Gasteiger partial charge in [-0.1, -0.05) is 51.1 Å². The van der Waals surface area contributed by atoms with E-state index >= 15 is 0 Å². The predicted molar refractivity (Wildman–Crippen MR) is 74.2 cm³/mol. The van der Waals surface area contributed by atoms with Crippen molar-refractivity contribution in [2.45, 2.75) is 33.2 Å². The molecule has 1 unspecified atom stereocenters. The van der Waals surface area contributed by atoms with E-state index in [0.717, 1.165) is 5.56 Å². The molecule has 1 aliphatic heterocycles. The van der Waals surface area contributed by atoms with Crippen LogP contribution in [-0.4, -0.2) is 16.6 Å². The number of carbonyl (C=O) groups excluding carboxylic acids is 2. The molecule has 100 valence electrons. The number of hydrogen-bond donors (Lipinski definition) is 0. The molecule has 0 fully saturated rings. The van der Waals surface area contributed by atoms with Crippen LogP contribution in [0.3, 0.4) is 0 Å². The molecule has 19 heavy (non-hydrogen) atoms. The second kappa shape index (κ2) is 5.00. The Hall–Kier alpha value is -1.90. The lowest BCUT2D eigenvalue weighted by Gasteiger charge is -2.35. The van der Waals surface area contributed by atoms with Crippen LogP contribution in [0.15, 0.2) is 42.6 Å². The Labute approximate surface area is 113 Å². The molecule has 0 aromatic heterocycles. The molecular weight excluding hydrogens is 238 g/mol. The van der Waals surface area contributed by atoms with Crippen LogP contribution in [0.4, 0.5) is 0 Å². The highest BCUT2D eigenvalue weighted by Crippen LogP contribution is 2.32. The van der Waals surface area contributed by atoms with Gasteiger partial charge in [0.15, 0.2) is 5.78 Å². The second-order valence-electron chi connectivity index (χ2n) is 5.88. The van der Waals surface area contributed by atoms with Crippen LogP contribution in [0.2, 0.25) is 0 Å². The van der Waals surface area contributed by atoms with Gasteiger partial charge in [-0.25, -0.2) is 0 Å². The summed E-state index contributed by atoms with van der Waals surface area (Å²) < 4.78 is 0. The monoisotopic (exact) mass is 257 g/mol. The minimum atomic E-state index is -0.461. The lowest BCUT2D eigenvalue weighted by atomic mass is 9.90. The number of amides is 1. The van der Waals surface area contributed by atoms with Crippen molar-refractivity contribution >= 4 is 11.7 Å². The number of nitrogens with zero attached hydrogens (tertiary/aromatic N) is 1. The number of hydrogen-bond acceptors (Lipinski definition) is 2. The molecule has 1 amide bonds. The van der Waals surface area contributed by atoms with Crippen molar-refractivity contribution in [1.82, 2.24) is 4.90 Å². The van der Waals surface area contributed by atoms with E-state index in [-0.39, 0.29) is 17.7 Å². The van der Waals surface area contributed by atoms with Crippen molar-refractivity contribution in [2.24, 2.45) is 5.41 Å². The summed E-state index contributed by atoms with van der Waals surface area (Å²) in [5.74, 6) is 0.0944. The average molecular weight is 257 g/mol. The van der Waals surface area contributed by atoms with Crippen molar-refractivity contribution in [1.29, 1.82) is 0 Å². The highest BCUT2D eigenvalue weighted by molar-refractivity contribution is 5.93. The molecule has 1 heterocycles. The molecule has 0 saturated heterocycles. The Morgan fingerprint density at radius 1 is 1.21 bits per heavy atom. The molecule has 0 N–H and O–H groups in total. The van der Waals surface area contributed by atoms with E-state index in [4.69, 9.17) is 0 Å². The molecule has 0 aliphatic carbocycles. The Kier molecular flexibility index (Phi) is 3.56. The van der Waals surface area contributed by atoms with Crippen LogP contribution in [0.25, 0.3) is 0 Å². The zero-order chi connectivity index (χ0) is 14.0. The molecule has 3 nitrogen and oxygen atoms in total. The lowest BCUT2D eigenvalue weighted by molar-refractivity contribution is -0.139. The van der Waals surface area contributed by atoms with Crippen LogP contribution in [0, 0.1) is 5.41 Å². The van der Waals surface area contributed by atoms with E-state index in [0.29, 0.717) is 6.42 Å². The van der Waals surface area contributed by atoms with Gasteiger partial charge in [0.25, 0.3) is 0 Å². The van der Waals surface area contributed by atoms with E-state index in [2.05, 4.69) is 0 Å². The van der Waals surface area contributed by atoms with E-state index in [1.165, 1.54) is 6.08 Å². The van der Waals surface area contributed by atoms with Crippen LogP contribution >= 0.6 is 0 Å². The minimum absolute atomic E-state index is 0.0325. The normalized spacial score (nSPS) is 19.6. The van der Waals surface area contributed by atoms with E-state index in [9.17, 15) is 9.59 Å². The molecule has 1 atom stereocenters. The summed E-state index contributed by atoms with van der Waals surface area (Å²) in [6.45, 7) is 5.67. The van der Waals surface area contributed by atoms with Crippen molar-refractivity contribution < 1.29 is 9.59 Å². The molecule has 1 aromatic rings. The molecule has 2 rings (SSSR count). The van der Waals surface area contributed by atoms with Gasteiger partial charge in [0.05, 0.1) is 6.04 Å². The van der Waals surface area contributed by atoms with Crippen molar-refractivity contribution in [3.05, 3.63) is 48.2 Å². The van der Waals surface area contributed by atoms with Crippen molar-refractivity contribution in [3.63, 3.8) is 0 Å². The molecule has 0 radical (unpaired) electrons. The summed E-state index contributed by atoms with van der Waals surface area (Å²) in [5, 5.41) is 0. The van der Waals surface area contributed by atoms with Gasteiger partial charge in [-0.05, 0) is 11.6 Å². The molecular formula is C16H19NO2. The number of carbonyl (C=O) groups is 2. The first-order chi connectivity index (χ1) is 8.89. The van der Waals surface area contributed by atoms with Gasteiger partial charge in [0, 0.05) is 18.0 Å². The smallest absolute Gasteiger partial charge is 0.232 e. The molecule has 3 heteroatoms. The number of benzene rings is 1. The first kappa shape index (κ1) is 13.5. The van der Waals surface area contributed by atoms with Crippen molar-refractivity contribution in [3.8, 4) is 0 Å². The van der Waals surface area contributed by atoms with Crippen LogP contribution in [-0.2, 0) is 9.59 Å².